The third-order valence-corrected chi connectivity index (χ3v) is 4.27. The van der Waals surface area contributed by atoms with Crippen LogP contribution in [0.5, 0.6) is 0 Å². The molecule has 0 radical (unpaired) electrons. The van der Waals surface area contributed by atoms with Gasteiger partial charge in [-0.3, -0.25) is 0 Å². The molecule has 0 spiro atoms. The molecule has 0 N–H and O–H groups in total. The van der Waals surface area contributed by atoms with Crippen LogP contribution in [0, 0.1) is 0 Å². The molecular formula is C9H12Se2. The molecule has 0 saturated carbocycles. The zero-order valence-electron chi connectivity index (χ0n) is 6.83. The van der Waals surface area contributed by atoms with Gasteiger partial charge in [0.15, 0.2) is 0 Å². The molecular weight excluding hydrogens is 266 g/mol. The van der Waals surface area contributed by atoms with Gasteiger partial charge in [0.2, 0.25) is 0 Å². The summed E-state index contributed by atoms with van der Waals surface area (Å²) in [7, 11) is 0. The van der Waals surface area contributed by atoms with Crippen LogP contribution < -0.4 is 4.46 Å². The van der Waals surface area contributed by atoms with Crippen molar-refractivity contribution in [2.45, 2.75) is 17.0 Å². The molecule has 1 rings (SSSR count). The summed E-state index contributed by atoms with van der Waals surface area (Å²) in [6, 6.07) is 9.00. The molecule has 11 heavy (non-hydrogen) atoms. The van der Waals surface area contributed by atoms with Crippen LogP contribution in [0.15, 0.2) is 24.3 Å². The fraction of sp³-hybridized carbons (Fsp3) is 0.333. The van der Waals surface area contributed by atoms with Crippen LogP contribution in [-0.2, 0) is 5.32 Å². The van der Waals surface area contributed by atoms with Crippen molar-refractivity contribution < 1.29 is 0 Å². The maximum atomic E-state index is 2.35. The van der Waals surface area contributed by atoms with Gasteiger partial charge in [0.1, 0.15) is 0 Å². The van der Waals surface area contributed by atoms with E-state index in [1.165, 1.54) is 15.3 Å². The molecule has 0 fully saturated rings. The minimum absolute atomic E-state index is 0.663. The van der Waals surface area contributed by atoms with Crippen molar-refractivity contribution in [2.75, 3.05) is 0 Å². The van der Waals surface area contributed by atoms with Crippen LogP contribution in [0.1, 0.15) is 5.56 Å². The van der Waals surface area contributed by atoms with E-state index in [2.05, 4.69) is 35.9 Å². The summed E-state index contributed by atoms with van der Waals surface area (Å²) >= 11 is 1.44. The molecule has 0 nitrogen and oxygen atoms in total. The summed E-state index contributed by atoms with van der Waals surface area (Å²) in [5.41, 5.74) is 1.52. The summed E-state index contributed by atoms with van der Waals surface area (Å²) in [4.78, 5) is 0. The van der Waals surface area contributed by atoms with Gasteiger partial charge in [0, 0.05) is 0 Å². The van der Waals surface area contributed by atoms with E-state index in [-0.39, 0.29) is 0 Å². The molecule has 1 aromatic carbocycles. The van der Waals surface area contributed by atoms with Gasteiger partial charge >= 0.3 is 81.2 Å². The fourth-order valence-corrected chi connectivity index (χ4v) is 3.02. The van der Waals surface area contributed by atoms with E-state index >= 15 is 0 Å². The van der Waals surface area contributed by atoms with Crippen molar-refractivity contribution in [3.05, 3.63) is 29.8 Å². The van der Waals surface area contributed by atoms with E-state index in [1.807, 2.05) is 0 Å². The average Bonchev–Trinajstić information content (AvgIpc) is 2.06. The maximum absolute atomic E-state index is 2.35. The van der Waals surface area contributed by atoms with E-state index in [9.17, 15) is 0 Å². The third kappa shape index (κ3) is 3.01. The Morgan fingerprint density at radius 2 is 2.09 bits per heavy atom. The molecule has 2 heteroatoms. The van der Waals surface area contributed by atoms with Gasteiger partial charge in [-0.1, -0.05) is 0 Å². The summed E-state index contributed by atoms with van der Waals surface area (Å²) in [5.74, 6) is 4.56. The first-order valence-corrected chi connectivity index (χ1v) is 8.98. The predicted molar refractivity (Wildman–Crippen MR) is 53.0 cm³/mol. The van der Waals surface area contributed by atoms with Crippen molar-refractivity contribution >= 4 is 34.4 Å². The Hall–Kier alpha value is 0.259. The molecule has 0 aliphatic heterocycles. The van der Waals surface area contributed by atoms with Crippen molar-refractivity contribution in [3.8, 4) is 0 Å². The van der Waals surface area contributed by atoms with Crippen LogP contribution >= 0.6 is 0 Å². The van der Waals surface area contributed by atoms with Gasteiger partial charge in [0.05, 0.1) is 0 Å². The van der Waals surface area contributed by atoms with Crippen LogP contribution in [0.3, 0.4) is 0 Å². The molecule has 1 aromatic rings. The van der Waals surface area contributed by atoms with Gasteiger partial charge in [-0.2, -0.15) is 0 Å². The second-order valence-corrected chi connectivity index (χ2v) is 5.95. The van der Waals surface area contributed by atoms with Crippen LogP contribution in [0.25, 0.3) is 0 Å². The van der Waals surface area contributed by atoms with Gasteiger partial charge in [-0.15, -0.1) is 0 Å². The summed E-state index contributed by atoms with van der Waals surface area (Å²) < 4.78 is 1.53. The normalized spacial score (nSPS) is 10.0. The number of hydrogen-bond donors (Lipinski definition) is 0. The molecule has 0 saturated heterocycles. The Morgan fingerprint density at radius 1 is 1.27 bits per heavy atom. The third-order valence-electron chi connectivity index (χ3n) is 1.45. The number of hydrogen-bond acceptors (Lipinski definition) is 0. The Labute approximate surface area is 81.1 Å². The van der Waals surface area contributed by atoms with E-state index in [0.29, 0.717) is 15.0 Å². The van der Waals surface area contributed by atoms with Crippen LogP contribution in [-0.4, -0.2) is 29.9 Å². The zero-order chi connectivity index (χ0) is 8.10. The molecule has 60 valence electrons. The van der Waals surface area contributed by atoms with Gasteiger partial charge < -0.3 is 0 Å². The molecule has 0 unspecified atom stereocenters. The molecule has 0 atom stereocenters. The molecule has 0 amide bonds. The topological polar surface area (TPSA) is 0 Å². The Bertz CT molecular complexity index is 221. The van der Waals surface area contributed by atoms with E-state index in [0.717, 1.165) is 15.0 Å². The first kappa shape index (κ1) is 9.35. The van der Waals surface area contributed by atoms with Gasteiger partial charge in [-0.05, 0) is 0 Å². The van der Waals surface area contributed by atoms with E-state index < -0.39 is 0 Å². The van der Waals surface area contributed by atoms with Crippen molar-refractivity contribution in [1.29, 1.82) is 0 Å². The average molecular weight is 278 g/mol. The van der Waals surface area contributed by atoms with Crippen LogP contribution in [0.4, 0.5) is 0 Å². The standard InChI is InChI=1S/C9H12Se2/c1-10-7-8-4-3-5-9(6-8)11-2/h3-6H,7H2,1-2H3. The van der Waals surface area contributed by atoms with Gasteiger partial charge in [0.25, 0.3) is 0 Å². The quantitative estimate of drug-likeness (QED) is 0.731. The second-order valence-electron chi connectivity index (χ2n) is 2.28. The number of benzene rings is 1. The van der Waals surface area contributed by atoms with Crippen molar-refractivity contribution in [1.82, 2.24) is 0 Å². The van der Waals surface area contributed by atoms with Crippen molar-refractivity contribution in [2.24, 2.45) is 0 Å². The van der Waals surface area contributed by atoms with Gasteiger partial charge in [-0.25, -0.2) is 0 Å². The predicted octanol–water partition coefficient (Wildman–Crippen LogP) is 1.32. The molecule has 0 bridgehead atoms. The summed E-state index contributed by atoms with van der Waals surface area (Å²) in [6.07, 6.45) is 0. The zero-order valence-corrected chi connectivity index (χ0v) is 10.3. The number of rotatable bonds is 3. The van der Waals surface area contributed by atoms with Crippen LogP contribution in [0.2, 0.25) is 11.6 Å². The molecule has 0 aliphatic rings. The van der Waals surface area contributed by atoms with E-state index in [4.69, 9.17) is 0 Å². The SMILES string of the molecule is C[Se]Cc1cccc([Se]C)c1. The Morgan fingerprint density at radius 3 is 2.73 bits per heavy atom. The molecule has 0 aliphatic carbocycles. The Balaban J connectivity index is 2.74. The minimum atomic E-state index is 0.663. The Kier molecular flexibility index (Phi) is 4.25. The first-order chi connectivity index (χ1) is 5.36. The first-order valence-electron chi connectivity index (χ1n) is 3.48. The second kappa shape index (κ2) is 5.00. The van der Waals surface area contributed by atoms with E-state index in [1.54, 1.807) is 0 Å². The van der Waals surface area contributed by atoms with Crippen molar-refractivity contribution in [3.63, 3.8) is 0 Å². The molecule has 0 aromatic heterocycles. The fourth-order valence-electron chi connectivity index (χ4n) is 0.929. The summed E-state index contributed by atoms with van der Waals surface area (Å²) in [5, 5.41) is 1.29. The summed E-state index contributed by atoms with van der Waals surface area (Å²) in [6.45, 7) is 0. The molecule has 0 heterocycles. The monoisotopic (exact) mass is 280 g/mol.